The van der Waals surface area contributed by atoms with Gasteiger partial charge in [0.15, 0.2) is 0 Å². The summed E-state index contributed by atoms with van der Waals surface area (Å²) in [4.78, 5) is 12.6. The van der Waals surface area contributed by atoms with Gasteiger partial charge in [0.1, 0.15) is 17.5 Å². The molecule has 0 bridgehead atoms. The van der Waals surface area contributed by atoms with E-state index in [4.69, 9.17) is 0 Å². The molecule has 0 aliphatic carbocycles. The topological polar surface area (TPSA) is 52.9 Å². The number of amides is 1. The summed E-state index contributed by atoms with van der Waals surface area (Å²) in [7, 11) is 0. The molecule has 150 valence electrons. The minimum Gasteiger partial charge on any atom is -0.321 e. The summed E-state index contributed by atoms with van der Waals surface area (Å²) < 4.78 is 14.4. The Balaban J connectivity index is 1.87. The molecule has 3 rings (SSSR count). The number of carbonyl (C=O) groups excluding carboxylic acids is 1. The van der Waals surface area contributed by atoms with Crippen LogP contribution in [0.15, 0.2) is 76.8 Å². The zero-order valence-corrected chi connectivity index (χ0v) is 18.0. The first-order valence-corrected chi connectivity index (χ1v) is 10.3. The predicted molar refractivity (Wildman–Crippen MR) is 121 cm³/mol. The average Bonchev–Trinajstić information content (AvgIpc) is 2.74. The molecule has 0 atom stereocenters. The molecule has 3 nitrogen and oxygen atoms in total. The summed E-state index contributed by atoms with van der Waals surface area (Å²) in [6, 6.07) is 21.5. The van der Waals surface area contributed by atoms with Gasteiger partial charge in [-0.1, -0.05) is 53.2 Å². The Morgan fingerprint density at radius 2 is 1.87 bits per heavy atom. The van der Waals surface area contributed by atoms with E-state index in [-0.39, 0.29) is 11.4 Å². The molecule has 3 aromatic rings. The van der Waals surface area contributed by atoms with Gasteiger partial charge in [-0.3, -0.25) is 4.79 Å². The Morgan fingerprint density at radius 1 is 1.10 bits per heavy atom. The van der Waals surface area contributed by atoms with E-state index in [0.717, 1.165) is 27.6 Å². The zero-order valence-electron chi connectivity index (χ0n) is 16.5. The molecule has 0 aliphatic rings. The Hall–Kier alpha value is -3.23. The molecule has 0 aliphatic heterocycles. The van der Waals surface area contributed by atoms with Crippen LogP contribution in [0.4, 0.5) is 10.1 Å². The Bertz CT molecular complexity index is 1130. The normalized spacial score (nSPS) is 11.1. The van der Waals surface area contributed by atoms with E-state index in [1.807, 2.05) is 54.6 Å². The number of rotatable bonds is 6. The molecule has 30 heavy (non-hydrogen) atoms. The molecule has 0 radical (unpaired) electrons. The van der Waals surface area contributed by atoms with Crippen molar-refractivity contribution in [2.45, 2.75) is 19.8 Å². The summed E-state index contributed by atoms with van der Waals surface area (Å²) in [6.45, 7) is 2.06. The van der Waals surface area contributed by atoms with E-state index in [9.17, 15) is 14.4 Å². The van der Waals surface area contributed by atoms with Crippen molar-refractivity contribution in [2.75, 3.05) is 5.32 Å². The molecular weight excluding hydrogens is 443 g/mol. The molecule has 0 heterocycles. The molecule has 3 aromatic carbocycles. The molecule has 1 amide bonds. The van der Waals surface area contributed by atoms with E-state index >= 15 is 0 Å². The molecule has 0 fully saturated rings. The summed E-state index contributed by atoms with van der Waals surface area (Å²) >= 11 is 3.44. The van der Waals surface area contributed by atoms with Gasteiger partial charge in [0.25, 0.3) is 5.91 Å². The number of nitrogens with zero attached hydrogens (tertiary/aromatic N) is 1. The molecule has 0 spiro atoms. The second-order valence-corrected chi connectivity index (χ2v) is 7.74. The molecule has 0 unspecified atom stereocenters. The SMILES string of the molecule is CCc1ccc(NC(=O)/C(C#N)=C/c2cc(Br)ccc2Cc2cccc(F)c2)cc1. The number of carbonyl (C=O) groups is 1. The van der Waals surface area contributed by atoms with Crippen molar-refractivity contribution >= 4 is 33.6 Å². The molecule has 0 saturated heterocycles. The highest BCUT2D eigenvalue weighted by molar-refractivity contribution is 9.10. The van der Waals surface area contributed by atoms with E-state index in [1.165, 1.54) is 17.7 Å². The summed E-state index contributed by atoms with van der Waals surface area (Å²) in [5.74, 6) is -0.772. The zero-order chi connectivity index (χ0) is 21.5. The highest BCUT2D eigenvalue weighted by Gasteiger charge is 2.12. The number of hydrogen-bond donors (Lipinski definition) is 1. The van der Waals surface area contributed by atoms with Crippen molar-refractivity contribution in [3.63, 3.8) is 0 Å². The van der Waals surface area contributed by atoms with Crippen LogP contribution in [0.5, 0.6) is 0 Å². The van der Waals surface area contributed by atoms with Crippen LogP contribution in [0, 0.1) is 17.1 Å². The first-order chi connectivity index (χ1) is 14.5. The third kappa shape index (κ3) is 5.65. The highest BCUT2D eigenvalue weighted by atomic mass is 79.9. The quantitative estimate of drug-likeness (QED) is 0.345. The lowest BCUT2D eigenvalue weighted by Gasteiger charge is -2.09. The van der Waals surface area contributed by atoms with Crippen LogP contribution in [0.2, 0.25) is 0 Å². The van der Waals surface area contributed by atoms with Crippen LogP contribution in [-0.4, -0.2) is 5.91 Å². The maximum absolute atomic E-state index is 13.5. The van der Waals surface area contributed by atoms with Crippen LogP contribution in [-0.2, 0) is 17.6 Å². The van der Waals surface area contributed by atoms with Gasteiger partial charge in [0.05, 0.1) is 0 Å². The largest absolute Gasteiger partial charge is 0.321 e. The van der Waals surface area contributed by atoms with E-state index in [1.54, 1.807) is 12.1 Å². The second kappa shape index (κ2) is 10.00. The third-order valence-corrected chi connectivity index (χ3v) is 5.17. The van der Waals surface area contributed by atoms with Gasteiger partial charge in [0, 0.05) is 10.2 Å². The van der Waals surface area contributed by atoms with E-state index in [2.05, 4.69) is 28.2 Å². The fourth-order valence-corrected chi connectivity index (χ4v) is 3.43. The number of nitrogens with one attached hydrogen (secondary N) is 1. The maximum Gasteiger partial charge on any atom is 0.266 e. The maximum atomic E-state index is 13.5. The number of anilines is 1. The number of nitriles is 1. The minimum absolute atomic E-state index is 0.00633. The van der Waals surface area contributed by atoms with E-state index < -0.39 is 5.91 Å². The van der Waals surface area contributed by atoms with Crippen LogP contribution in [0.25, 0.3) is 6.08 Å². The Morgan fingerprint density at radius 3 is 2.53 bits per heavy atom. The fourth-order valence-electron chi connectivity index (χ4n) is 3.05. The molecule has 0 aromatic heterocycles. The van der Waals surface area contributed by atoms with Crippen molar-refractivity contribution < 1.29 is 9.18 Å². The van der Waals surface area contributed by atoms with Crippen LogP contribution in [0.1, 0.15) is 29.2 Å². The second-order valence-electron chi connectivity index (χ2n) is 6.82. The van der Waals surface area contributed by atoms with Gasteiger partial charge in [-0.15, -0.1) is 0 Å². The lowest BCUT2D eigenvalue weighted by Crippen LogP contribution is -2.13. The third-order valence-electron chi connectivity index (χ3n) is 4.68. The minimum atomic E-state index is -0.474. The number of halogens is 2. The van der Waals surface area contributed by atoms with Crippen LogP contribution >= 0.6 is 15.9 Å². The van der Waals surface area contributed by atoms with Crippen molar-refractivity contribution in [2.24, 2.45) is 0 Å². The van der Waals surface area contributed by atoms with Crippen LogP contribution in [0.3, 0.4) is 0 Å². The summed E-state index contributed by atoms with van der Waals surface area (Å²) in [6.07, 6.45) is 2.96. The first kappa shape index (κ1) is 21.5. The number of hydrogen-bond acceptors (Lipinski definition) is 2. The highest BCUT2D eigenvalue weighted by Crippen LogP contribution is 2.23. The van der Waals surface area contributed by atoms with Crippen molar-refractivity contribution in [3.8, 4) is 6.07 Å². The number of aryl methyl sites for hydroxylation is 1. The summed E-state index contributed by atoms with van der Waals surface area (Å²) in [5.41, 5.74) is 4.21. The lowest BCUT2D eigenvalue weighted by atomic mass is 9.98. The average molecular weight is 463 g/mol. The van der Waals surface area contributed by atoms with E-state index in [0.29, 0.717) is 12.1 Å². The Labute approximate surface area is 184 Å². The standard InChI is InChI=1S/C25H20BrFN2O/c1-2-17-6-10-24(11-7-17)29-25(30)21(16-28)14-20-15-22(26)9-8-19(20)12-18-4-3-5-23(27)13-18/h3-11,13-15H,2,12H2,1H3,(H,29,30)/b21-14+. The van der Waals surface area contributed by atoms with Gasteiger partial charge in [-0.2, -0.15) is 5.26 Å². The monoisotopic (exact) mass is 462 g/mol. The summed E-state index contributed by atoms with van der Waals surface area (Å²) in [5, 5.41) is 12.3. The molecule has 1 N–H and O–H groups in total. The first-order valence-electron chi connectivity index (χ1n) is 9.53. The lowest BCUT2D eigenvalue weighted by molar-refractivity contribution is -0.112. The van der Waals surface area contributed by atoms with Gasteiger partial charge in [-0.05, 0) is 77.6 Å². The molecular formula is C25H20BrFN2O. The Kier molecular flexibility index (Phi) is 7.16. The van der Waals surface area contributed by atoms with Gasteiger partial charge >= 0.3 is 0 Å². The fraction of sp³-hybridized carbons (Fsp3) is 0.120. The van der Waals surface area contributed by atoms with Crippen molar-refractivity contribution in [1.82, 2.24) is 0 Å². The smallest absolute Gasteiger partial charge is 0.266 e. The van der Waals surface area contributed by atoms with Crippen molar-refractivity contribution in [3.05, 3.63) is 105 Å². The van der Waals surface area contributed by atoms with Gasteiger partial charge in [0.2, 0.25) is 0 Å². The van der Waals surface area contributed by atoms with Gasteiger partial charge < -0.3 is 5.32 Å². The van der Waals surface area contributed by atoms with Crippen LogP contribution < -0.4 is 5.32 Å². The molecule has 5 heteroatoms. The molecule has 0 saturated carbocycles. The predicted octanol–water partition coefficient (Wildman–Crippen LogP) is 6.29. The van der Waals surface area contributed by atoms with Crippen molar-refractivity contribution in [1.29, 1.82) is 5.26 Å². The van der Waals surface area contributed by atoms with Gasteiger partial charge in [-0.25, -0.2) is 4.39 Å². The number of benzene rings is 3.